The van der Waals surface area contributed by atoms with Crippen LogP contribution in [-0.2, 0) is 60.2 Å². The Balaban J connectivity index is 1.03. The molecule has 6 aliphatic rings. The SMILES string of the molecule is CC[C@]12C[C@H]([C@](C)(O)C(C)(C)C)[C@]3(OC)[C@H]4Oc5c(OC(=O)CC(C)(C)c6c(C)cc(C)cc6OC(=O)CC(C)CC(=O)OC(COC(C)=O)COC(C)=O)ccc6c5[C@@]1(CCN(CC1CC1)C2C6)[C@@H]43. The zero-order valence-electron chi connectivity index (χ0n) is 43.8. The molecule has 0 amide bonds. The third-order valence-corrected chi connectivity index (χ3v) is 17.6. The fraction of sp³-hybridized carbons (Fsp3) is 0.696. The predicted octanol–water partition coefficient (Wildman–Crippen LogP) is 8.20. The Bertz CT molecular complexity index is 2400. The maximum atomic E-state index is 14.5. The van der Waals surface area contributed by atoms with E-state index in [1.165, 1.54) is 37.8 Å². The van der Waals surface area contributed by atoms with Gasteiger partial charge in [-0.15, -0.1) is 0 Å². The van der Waals surface area contributed by atoms with E-state index in [0.29, 0.717) is 28.9 Å². The van der Waals surface area contributed by atoms with Crippen molar-refractivity contribution in [3.05, 3.63) is 52.1 Å². The number of esters is 5. The van der Waals surface area contributed by atoms with Gasteiger partial charge in [-0.3, -0.25) is 28.9 Å². The average Bonchev–Trinajstić information content (AvgIpc) is 4.18. The van der Waals surface area contributed by atoms with E-state index in [-0.39, 0.29) is 61.2 Å². The Labute approximate surface area is 414 Å². The molecule has 1 spiro atoms. The number of piperidine rings is 1. The van der Waals surface area contributed by atoms with Gasteiger partial charge in [0, 0.05) is 80.2 Å². The summed E-state index contributed by atoms with van der Waals surface area (Å²) in [6.45, 7) is 24.1. The first-order valence-corrected chi connectivity index (χ1v) is 25.6. The molecular weight excluding hydrogens is 895 g/mol. The van der Waals surface area contributed by atoms with Crippen LogP contribution in [0.3, 0.4) is 0 Å². The smallest absolute Gasteiger partial charge is 0.312 e. The summed E-state index contributed by atoms with van der Waals surface area (Å²) in [5.74, 6) is -1.42. The lowest BCUT2D eigenvalue weighted by atomic mass is 9.39. The number of aliphatic hydroxyl groups is 1. The van der Waals surface area contributed by atoms with E-state index < -0.39 is 63.9 Å². The lowest BCUT2D eigenvalue weighted by Gasteiger charge is -2.69. The van der Waals surface area contributed by atoms with Crippen molar-refractivity contribution in [2.75, 3.05) is 33.4 Å². The zero-order chi connectivity index (χ0) is 51.1. The summed E-state index contributed by atoms with van der Waals surface area (Å²) in [4.78, 5) is 66.5. The lowest BCUT2D eigenvalue weighted by molar-refractivity contribution is -0.214. The molecule has 1 N–H and O–H groups in total. The van der Waals surface area contributed by atoms with Gasteiger partial charge in [-0.2, -0.15) is 0 Å². The number of fused-ring (bicyclic) bond motifs is 1. The zero-order valence-corrected chi connectivity index (χ0v) is 43.8. The molecule has 2 aliphatic heterocycles. The first-order chi connectivity index (χ1) is 32.8. The maximum Gasteiger partial charge on any atom is 0.312 e. The average molecular weight is 972 g/mol. The lowest BCUT2D eigenvalue weighted by Crippen LogP contribution is -2.73. The Morgan fingerprint density at radius 1 is 0.900 bits per heavy atom. The molecule has 2 bridgehead atoms. The standard InChI is InChI=1S/C56H77NO13/c1-14-54-26-41(53(12,63)51(7,8)9)56(64-13)49-50(56)70-48-39(18-17-37-25-42(54)57(28-36-15-16-36)20-19-55(49,54)47(37)48)68-45(62)27-52(10,11)46-33(4)21-31(2)22-40(46)69-44(61)24-32(3)23-43(60)67-38(29-65-34(5)58)30-66-35(6)59/h17-18,21-22,32,36,38,41-42,49-50,63H,14-16,19-20,23-30H2,1-13H3/t32?,41-,42?,49-,50+,53+,54-,55+,56-/m1/s1. The van der Waals surface area contributed by atoms with Crippen LogP contribution < -0.4 is 14.2 Å². The van der Waals surface area contributed by atoms with Gasteiger partial charge in [-0.25, -0.2) is 0 Å². The summed E-state index contributed by atoms with van der Waals surface area (Å²) in [6.07, 6.45) is 4.49. The molecule has 0 aromatic heterocycles. The second kappa shape index (κ2) is 18.5. The van der Waals surface area contributed by atoms with Crippen molar-refractivity contribution in [3.8, 4) is 17.2 Å². The predicted molar refractivity (Wildman–Crippen MR) is 259 cm³/mol. The number of methoxy groups -OCH3 is 1. The van der Waals surface area contributed by atoms with E-state index in [1.807, 2.05) is 46.8 Å². The number of rotatable bonds is 19. The van der Waals surface area contributed by atoms with Crippen molar-refractivity contribution >= 4 is 29.8 Å². The number of benzene rings is 2. The third-order valence-electron chi connectivity index (χ3n) is 17.6. The van der Waals surface area contributed by atoms with Crippen LogP contribution in [-0.4, -0.2) is 103 Å². The number of carbonyl (C=O) groups excluding carboxylic acids is 5. The summed E-state index contributed by atoms with van der Waals surface area (Å²) < 4.78 is 41.9. The number of likely N-dealkylation sites (tertiary alicyclic amines) is 1. The molecule has 4 aliphatic carbocycles. The minimum atomic E-state index is -1.07. The highest BCUT2D eigenvalue weighted by Crippen LogP contribution is 2.82. The van der Waals surface area contributed by atoms with Crippen LogP contribution in [0.1, 0.15) is 148 Å². The van der Waals surface area contributed by atoms with Crippen LogP contribution >= 0.6 is 0 Å². The number of nitrogens with zero attached hydrogens (tertiary/aromatic N) is 1. The van der Waals surface area contributed by atoms with Crippen LogP contribution in [0.5, 0.6) is 17.2 Å². The fourth-order valence-electron chi connectivity index (χ4n) is 14.1. The van der Waals surface area contributed by atoms with Crippen molar-refractivity contribution < 1.29 is 62.2 Å². The summed E-state index contributed by atoms with van der Waals surface area (Å²) in [6, 6.07) is 8.14. The highest BCUT2D eigenvalue weighted by Gasteiger charge is 2.90. The molecule has 2 unspecified atom stereocenters. The second-order valence-electron chi connectivity index (χ2n) is 23.7. The highest BCUT2D eigenvalue weighted by atomic mass is 16.6. The first-order valence-electron chi connectivity index (χ1n) is 25.6. The van der Waals surface area contributed by atoms with E-state index >= 15 is 0 Å². The molecule has 3 saturated carbocycles. The van der Waals surface area contributed by atoms with E-state index in [1.54, 1.807) is 20.1 Å². The molecule has 384 valence electrons. The Kier molecular flexibility index (Phi) is 13.7. The summed E-state index contributed by atoms with van der Waals surface area (Å²) in [5.41, 5.74) is 1.23. The second-order valence-corrected chi connectivity index (χ2v) is 23.7. The van der Waals surface area contributed by atoms with Gasteiger partial charge >= 0.3 is 29.8 Å². The van der Waals surface area contributed by atoms with Gasteiger partial charge in [0.05, 0.1) is 12.0 Å². The molecule has 14 nitrogen and oxygen atoms in total. The van der Waals surface area contributed by atoms with Crippen LogP contribution in [0.15, 0.2) is 24.3 Å². The monoisotopic (exact) mass is 972 g/mol. The van der Waals surface area contributed by atoms with Gasteiger partial charge < -0.3 is 38.3 Å². The molecule has 2 aromatic rings. The Morgan fingerprint density at radius 3 is 2.14 bits per heavy atom. The van der Waals surface area contributed by atoms with Crippen molar-refractivity contribution in [2.45, 2.75) is 181 Å². The van der Waals surface area contributed by atoms with Crippen LogP contribution in [0, 0.1) is 48.3 Å². The first kappa shape index (κ1) is 51.8. The summed E-state index contributed by atoms with van der Waals surface area (Å²) >= 11 is 0. The van der Waals surface area contributed by atoms with Gasteiger partial charge in [0.15, 0.2) is 17.6 Å². The summed E-state index contributed by atoms with van der Waals surface area (Å²) in [7, 11) is 1.79. The maximum absolute atomic E-state index is 14.5. The number of aryl methyl sites for hydroxylation is 2. The highest BCUT2D eigenvalue weighted by molar-refractivity contribution is 5.78. The van der Waals surface area contributed by atoms with Crippen LogP contribution in [0.2, 0.25) is 0 Å². The van der Waals surface area contributed by atoms with E-state index in [4.69, 9.17) is 33.2 Å². The van der Waals surface area contributed by atoms with Gasteiger partial charge in [-0.05, 0) is 117 Å². The summed E-state index contributed by atoms with van der Waals surface area (Å²) in [5, 5.41) is 12.8. The van der Waals surface area contributed by atoms with Crippen LogP contribution in [0.25, 0.3) is 0 Å². The minimum Gasteiger partial charge on any atom is -0.483 e. The van der Waals surface area contributed by atoms with Crippen molar-refractivity contribution in [2.24, 2.45) is 34.5 Å². The number of carbonyl (C=O) groups is 5. The van der Waals surface area contributed by atoms with Gasteiger partial charge in [0.25, 0.3) is 0 Å². The molecule has 1 saturated heterocycles. The molecule has 70 heavy (non-hydrogen) atoms. The topological polar surface area (TPSA) is 173 Å². The van der Waals surface area contributed by atoms with Gasteiger partial charge in [-0.1, -0.05) is 60.6 Å². The van der Waals surface area contributed by atoms with Crippen molar-refractivity contribution in [3.63, 3.8) is 0 Å². The van der Waals surface area contributed by atoms with Crippen molar-refractivity contribution in [1.82, 2.24) is 4.90 Å². The molecule has 9 atom stereocenters. The molecule has 14 heteroatoms. The molecular formula is C56H77NO13. The molecule has 8 rings (SSSR count). The molecule has 2 aromatic carbocycles. The Morgan fingerprint density at radius 2 is 1.54 bits per heavy atom. The van der Waals surface area contributed by atoms with Crippen molar-refractivity contribution in [1.29, 1.82) is 0 Å². The van der Waals surface area contributed by atoms with E-state index in [2.05, 4.69) is 38.7 Å². The Hall–Kier alpha value is -4.53. The molecule has 0 radical (unpaired) electrons. The van der Waals surface area contributed by atoms with Gasteiger partial charge in [0.2, 0.25) is 0 Å². The molecule has 2 heterocycles. The number of hydrogen-bond acceptors (Lipinski definition) is 14. The minimum absolute atomic E-state index is 0.0340. The van der Waals surface area contributed by atoms with E-state index in [0.717, 1.165) is 55.8 Å². The van der Waals surface area contributed by atoms with E-state index in [9.17, 15) is 29.1 Å². The molecule has 4 fully saturated rings. The van der Waals surface area contributed by atoms with Crippen LogP contribution in [0.4, 0.5) is 0 Å². The fourth-order valence-corrected chi connectivity index (χ4v) is 14.1. The normalized spacial score (nSPS) is 28.6. The quantitative estimate of drug-likeness (QED) is 0.0811. The van der Waals surface area contributed by atoms with Gasteiger partial charge in [0.1, 0.15) is 30.7 Å². The third kappa shape index (κ3) is 8.83. The number of hydrogen-bond donors (Lipinski definition) is 1. The number of ether oxygens (including phenoxy) is 7. The largest absolute Gasteiger partial charge is 0.483 e.